The van der Waals surface area contributed by atoms with Crippen LogP contribution in [-0.2, 0) is 9.47 Å². The van der Waals surface area contributed by atoms with E-state index in [0.29, 0.717) is 6.54 Å². The van der Waals surface area contributed by atoms with Crippen LogP contribution < -0.4 is 5.09 Å². The van der Waals surface area contributed by atoms with Crippen molar-refractivity contribution in [3.63, 3.8) is 0 Å². The first-order valence-corrected chi connectivity index (χ1v) is 14.6. The van der Waals surface area contributed by atoms with Crippen LogP contribution in [0.15, 0.2) is 0 Å². The number of hydrogen-bond acceptors (Lipinski definition) is 6. The third-order valence-electron chi connectivity index (χ3n) is 5.38. The third kappa shape index (κ3) is 7.14. The molecule has 0 aromatic carbocycles. The van der Waals surface area contributed by atoms with Gasteiger partial charge >= 0.3 is 177 Å². The van der Waals surface area contributed by atoms with E-state index in [1.54, 1.807) is 14.2 Å². The first-order chi connectivity index (χ1) is 12.8. The van der Waals surface area contributed by atoms with Gasteiger partial charge in [-0.25, -0.2) is 0 Å². The zero-order valence-corrected chi connectivity index (χ0v) is 21.6. The van der Waals surface area contributed by atoms with E-state index in [2.05, 4.69) is 76.5 Å². The van der Waals surface area contributed by atoms with Crippen molar-refractivity contribution in [2.24, 2.45) is 0 Å². The van der Waals surface area contributed by atoms with Gasteiger partial charge in [-0.05, 0) is 0 Å². The van der Waals surface area contributed by atoms with Gasteiger partial charge in [-0.2, -0.15) is 0 Å². The monoisotopic (exact) mass is 472 g/mol. The van der Waals surface area contributed by atoms with Crippen molar-refractivity contribution >= 4 is 21.4 Å². The summed E-state index contributed by atoms with van der Waals surface area (Å²) in [6.45, 7) is 10.5. The molecule has 0 aliphatic carbocycles. The summed E-state index contributed by atoms with van der Waals surface area (Å²) in [7, 11) is 10.1. The number of ether oxygens (including phenoxy) is 2. The summed E-state index contributed by atoms with van der Waals surface area (Å²) in [5, 5.41) is 3.91. The van der Waals surface area contributed by atoms with E-state index in [9.17, 15) is 0 Å². The molecular weight excluding hydrogens is 427 g/mol. The Labute approximate surface area is 177 Å². The van der Waals surface area contributed by atoms with Gasteiger partial charge in [-0.1, -0.05) is 0 Å². The van der Waals surface area contributed by atoms with Gasteiger partial charge in [0.15, 0.2) is 0 Å². The molecular formula is C19H46BrN4O2P. The van der Waals surface area contributed by atoms with Crippen molar-refractivity contribution in [3.05, 3.63) is 0 Å². The molecule has 0 aromatic heterocycles. The standard InChI is InChI=1S/C19H46BrN4O2P/c1-9-12-15-22(4)27(20,23(5)16-13-10-2,24(6)17-14-11-3)21-18-19(25-7)26-8/h19,21H,9-18H2,1-8H3. The number of hydrogen-bond donors (Lipinski definition) is 1. The van der Waals surface area contributed by atoms with Crippen molar-refractivity contribution in [1.29, 1.82) is 0 Å². The number of nitrogens with one attached hydrogen (secondary N) is 1. The van der Waals surface area contributed by atoms with Gasteiger partial charge in [-0.3, -0.25) is 0 Å². The SMILES string of the molecule is CCCCN(C)P(Br)(NCC(OC)OC)(N(C)CCCC)N(C)CCCC. The van der Waals surface area contributed by atoms with Crippen molar-refractivity contribution in [2.75, 3.05) is 61.5 Å². The number of halogens is 1. The molecule has 27 heavy (non-hydrogen) atoms. The van der Waals surface area contributed by atoms with Gasteiger partial charge in [0.05, 0.1) is 0 Å². The summed E-state index contributed by atoms with van der Waals surface area (Å²) >= 11 is 4.35. The Morgan fingerprint density at radius 1 is 0.778 bits per heavy atom. The van der Waals surface area contributed by atoms with Crippen LogP contribution in [0.2, 0.25) is 0 Å². The Morgan fingerprint density at radius 3 is 1.37 bits per heavy atom. The fourth-order valence-corrected chi connectivity index (χ4v) is 9.43. The van der Waals surface area contributed by atoms with Crippen molar-refractivity contribution in [3.8, 4) is 0 Å². The molecule has 0 heterocycles. The Bertz CT molecular complexity index is 350. The fourth-order valence-electron chi connectivity index (χ4n) is 3.33. The second-order valence-corrected chi connectivity index (χ2v) is 15.4. The Balaban J connectivity index is 5.99. The van der Waals surface area contributed by atoms with E-state index in [0.717, 1.165) is 19.6 Å². The summed E-state index contributed by atoms with van der Waals surface area (Å²) in [4.78, 5) is 0. The van der Waals surface area contributed by atoms with Crippen LogP contribution in [0.3, 0.4) is 0 Å². The van der Waals surface area contributed by atoms with Crippen LogP contribution in [0.25, 0.3) is 0 Å². The minimum atomic E-state index is -2.92. The summed E-state index contributed by atoms with van der Waals surface area (Å²) < 4.78 is 18.5. The predicted molar refractivity (Wildman–Crippen MR) is 124 cm³/mol. The Kier molecular flexibility index (Phi) is 14.2. The third-order valence-corrected chi connectivity index (χ3v) is 16.0. The summed E-state index contributed by atoms with van der Waals surface area (Å²) in [5.74, 6) is -2.92. The van der Waals surface area contributed by atoms with E-state index >= 15 is 0 Å². The molecule has 0 unspecified atom stereocenters. The molecule has 0 amide bonds. The van der Waals surface area contributed by atoms with Crippen molar-refractivity contribution in [1.82, 2.24) is 19.1 Å². The van der Waals surface area contributed by atoms with Crippen molar-refractivity contribution < 1.29 is 9.47 Å². The topological polar surface area (TPSA) is 40.2 Å². The average Bonchev–Trinajstić information content (AvgIpc) is 2.68. The molecule has 0 rings (SSSR count). The van der Waals surface area contributed by atoms with Crippen LogP contribution in [0, 0.1) is 0 Å². The molecule has 0 saturated heterocycles. The maximum absolute atomic E-state index is 5.48. The van der Waals surface area contributed by atoms with Gasteiger partial charge in [0, 0.05) is 0 Å². The fraction of sp³-hybridized carbons (Fsp3) is 1.00. The predicted octanol–water partition coefficient (Wildman–Crippen LogP) is 4.91. The number of methoxy groups -OCH3 is 2. The maximum atomic E-state index is 5.48. The molecule has 6 nitrogen and oxygen atoms in total. The molecule has 1 N–H and O–H groups in total. The zero-order chi connectivity index (χ0) is 20.9. The molecule has 0 aliphatic heterocycles. The van der Waals surface area contributed by atoms with E-state index in [4.69, 9.17) is 9.47 Å². The molecule has 0 atom stereocenters. The van der Waals surface area contributed by atoms with Crippen LogP contribution >= 0.6 is 21.4 Å². The molecule has 0 radical (unpaired) electrons. The van der Waals surface area contributed by atoms with E-state index in [1.807, 2.05) is 0 Å². The quantitative estimate of drug-likeness (QED) is 0.239. The van der Waals surface area contributed by atoms with E-state index in [-0.39, 0.29) is 6.29 Å². The van der Waals surface area contributed by atoms with Crippen LogP contribution in [0.5, 0.6) is 0 Å². The molecule has 0 fully saturated rings. The summed E-state index contributed by atoms with van der Waals surface area (Å²) in [6, 6.07) is 0. The minimum absolute atomic E-state index is 0.275. The van der Waals surface area contributed by atoms with Crippen LogP contribution in [0.1, 0.15) is 59.3 Å². The Morgan fingerprint density at radius 2 is 1.11 bits per heavy atom. The molecule has 0 aromatic rings. The molecule has 0 spiro atoms. The molecule has 0 aliphatic rings. The zero-order valence-electron chi connectivity index (χ0n) is 19.1. The summed E-state index contributed by atoms with van der Waals surface area (Å²) in [6.07, 6.45) is 6.77. The number of nitrogens with zero attached hydrogens (tertiary/aromatic N) is 3. The van der Waals surface area contributed by atoms with E-state index in [1.165, 1.54) is 38.5 Å². The second kappa shape index (κ2) is 13.8. The van der Waals surface area contributed by atoms with Gasteiger partial charge in [0.1, 0.15) is 0 Å². The van der Waals surface area contributed by atoms with E-state index < -0.39 is 5.91 Å². The van der Waals surface area contributed by atoms with Crippen molar-refractivity contribution in [2.45, 2.75) is 65.6 Å². The van der Waals surface area contributed by atoms with Crippen LogP contribution in [-0.4, -0.2) is 81.8 Å². The normalized spacial score (nSPS) is 14.5. The van der Waals surface area contributed by atoms with Gasteiger partial charge in [-0.15, -0.1) is 0 Å². The number of rotatable bonds is 17. The van der Waals surface area contributed by atoms with Gasteiger partial charge < -0.3 is 0 Å². The summed E-state index contributed by atoms with van der Waals surface area (Å²) in [5.41, 5.74) is 0. The molecule has 0 bridgehead atoms. The second-order valence-electron chi connectivity index (χ2n) is 7.35. The number of unbranched alkanes of at least 4 members (excludes halogenated alkanes) is 3. The molecule has 166 valence electrons. The molecule has 0 saturated carbocycles. The first kappa shape index (κ1) is 27.7. The Hall–Kier alpha value is 0.670. The average molecular weight is 473 g/mol. The van der Waals surface area contributed by atoms with Gasteiger partial charge in [0.2, 0.25) is 0 Å². The van der Waals surface area contributed by atoms with Gasteiger partial charge in [0.25, 0.3) is 0 Å². The van der Waals surface area contributed by atoms with Crippen LogP contribution in [0.4, 0.5) is 0 Å². The first-order valence-electron chi connectivity index (χ1n) is 10.5. The molecule has 8 heteroatoms.